The van der Waals surface area contributed by atoms with Crippen LogP contribution in [-0.4, -0.2) is 71.0 Å². The Hall–Kier alpha value is -0.480. The van der Waals surface area contributed by atoms with E-state index in [0.717, 1.165) is 64.6 Å². The van der Waals surface area contributed by atoms with Crippen LogP contribution in [0.1, 0.15) is 31.7 Å². The summed E-state index contributed by atoms with van der Waals surface area (Å²) in [6.45, 7) is 7.84. The second kappa shape index (κ2) is 10.9. The van der Waals surface area contributed by atoms with Crippen molar-refractivity contribution in [2.45, 2.75) is 37.4 Å². The number of nitrogens with zero attached hydrogens (tertiary/aromatic N) is 4. The number of hydrogen-bond acceptors (Lipinski definition) is 4. The second-order valence-electron chi connectivity index (χ2n) is 7.50. The Kier molecular flexibility index (Phi) is 9.21. The standard InChI is InChI=1S/C19H33N5OS.HI/c1-4-20-18(21-15-19(26-3)6-9-25-10-7-19)24-8-5-16(14-24)11-17-12-22-23(2)13-17;/h12-13,16H,4-11,14-15H2,1-3H3,(H,20,21);1H. The molecule has 1 aromatic rings. The molecule has 3 rings (SSSR count). The molecule has 0 saturated carbocycles. The monoisotopic (exact) mass is 507 g/mol. The molecule has 0 radical (unpaired) electrons. The van der Waals surface area contributed by atoms with E-state index in [1.807, 2.05) is 29.7 Å². The Morgan fingerprint density at radius 2 is 2.22 bits per heavy atom. The number of aryl methyl sites for hydroxylation is 1. The first kappa shape index (κ1) is 22.8. The fraction of sp³-hybridized carbons (Fsp3) is 0.789. The number of thioether (sulfide) groups is 1. The van der Waals surface area contributed by atoms with E-state index in [0.29, 0.717) is 5.92 Å². The highest BCUT2D eigenvalue weighted by Gasteiger charge is 2.32. The Balaban J connectivity index is 0.00000261. The first-order chi connectivity index (χ1) is 12.6. The Bertz CT molecular complexity index is 603. The predicted molar refractivity (Wildman–Crippen MR) is 124 cm³/mol. The van der Waals surface area contributed by atoms with Gasteiger partial charge in [0.15, 0.2) is 5.96 Å². The van der Waals surface area contributed by atoms with E-state index in [9.17, 15) is 0 Å². The SMILES string of the molecule is CCNC(=NCC1(SC)CCOCC1)N1CCC(Cc2cnn(C)c2)C1.I. The highest BCUT2D eigenvalue weighted by molar-refractivity contribution is 14.0. The van der Waals surface area contributed by atoms with Gasteiger partial charge in [-0.15, -0.1) is 24.0 Å². The fourth-order valence-electron chi connectivity index (χ4n) is 3.92. The van der Waals surface area contributed by atoms with Gasteiger partial charge in [0.25, 0.3) is 0 Å². The molecular weight excluding hydrogens is 473 g/mol. The molecule has 154 valence electrons. The quantitative estimate of drug-likeness (QED) is 0.365. The topological polar surface area (TPSA) is 54.7 Å². The van der Waals surface area contributed by atoms with Crippen LogP contribution in [-0.2, 0) is 18.2 Å². The number of likely N-dealkylation sites (tertiary alicyclic amines) is 1. The van der Waals surface area contributed by atoms with Crippen LogP contribution in [0, 0.1) is 5.92 Å². The maximum absolute atomic E-state index is 5.56. The van der Waals surface area contributed by atoms with Crippen molar-refractivity contribution in [3.63, 3.8) is 0 Å². The number of halogens is 1. The van der Waals surface area contributed by atoms with Gasteiger partial charge in [-0.1, -0.05) is 0 Å². The molecule has 0 spiro atoms. The zero-order valence-corrected chi connectivity index (χ0v) is 20.0. The fourth-order valence-corrected chi connectivity index (χ4v) is 4.69. The minimum atomic E-state index is 0. The molecular formula is C19H34IN5OS. The number of guanidine groups is 1. The van der Waals surface area contributed by atoms with Crippen LogP contribution in [0.25, 0.3) is 0 Å². The minimum Gasteiger partial charge on any atom is -0.381 e. The van der Waals surface area contributed by atoms with Gasteiger partial charge in [0.2, 0.25) is 0 Å². The number of ether oxygens (including phenoxy) is 1. The Morgan fingerprint density at radius 3 is 2.85 bits per heavy atom. The maximum Gasteiger partial charge on any atom is 0.193 e. The minimum absolute atomic E-state index is 0. The smallest absolute Gasteiger partial charge is 0.193 e. The molecule has 1 aromatic heterocycles. The van der Waals surface area contributed by atoms with E-state index in [-0.39, 0.29) is 28.7 Å². The zero-order chi connectivity index (χ0) is 18.4. The van der Waals surface area contributed by atoms with Crippen molar-refractivity contribution < 1.29 is 4.74 Å². The van der Waals surface area contributed by atoms with Crippen molar-refractivity contribution in [2.24, 2.45) is 18.0 Å². The van der Waals surface area contributed by atoms with Gasteiger partial charge in [0.05, 0.1) is 12.7 Å². The molecule has 2 aliphatic heterocycles. The van der Waals surface area contributed by atoms with Crippen molar-refractivity contribution in [1.29, 1.82) is 0 Å². The van der Waals surface area contributed by atoms with E-state index in [1.165, 1.54) is 12.0 Å². The van der Waals surface area contributed by atoms with E-state index < -0.39 is 0 Å². The molecule has 2 aliphatic rings. The number of rotatable bonds is 6. The highest BCUT2D eigenvalue weighted by atomic mass is 127. The van der Waals surface area contributed by atoms with Gasteiger partial charge < -0.3 is 15.0 Å². The van der Waals surface area contributed by atoms with Crippen LogP contribution in [0.15, 0.2) is 17.4 Å². The van der Waals surface area contributed by atoms with Crippen molar-refractivity contribution >= 4 is 41.7 Å². The summed E-state index contributed by atoms with van der Waals surface area (Å²) in [5, 5.41) is 7.81. The largest absolute Gasteiger partial charge is 0.381 e. The van der Waals surface area contributed by atoms with Crippen molar-refractivity contribution in [3.8, 4) is 0 Å². The molecule has 1 atom stereocenters. The maximum atomic E-state index is 5.56. The normalized spacial score (nSPS) is 22.6. The van der Waals surface area contributed by atoms with Crippen LogP contribution in [0.2, 0.25) is 0 Å². The molecule has 1 N–H and O–H groups in total. The molecule has 1 unspecified atom stereocenters. The van der Waals surface area contributed by atoms with Gasteiger partial charge in [-0.3, -0.25) is 9.67 Å². The van der Waals surface area contributed by atoms with Crippen LogP contribution < -0.4 is 5.32 Å². The van der Waals surface area contributed by atoms with E-state index in [4.69, 9.17) is 9.73 Å². The van der Waals surface area contributed by atoms with E-state index in [1.54, 1.807) is 0 Å². The van der Waals surface area contributed by atoms with Gasteiger partial charge in [-0.05, 0) is 50.3 Å². The third-order valence-electron chi connectivity index (χ3n) is 5.56. The summed E-state index contributed by atoms with van der Waals surface area (Å²) < 4.78 is 7.69. The lowest BCUT2D eigenvalue weighted by molar-refractivity contribution is 0.0793. The first-order valence-electron chi connectivity index (χ1n) is 9.78. The van der Waals surface area contributed by atoms with Gasteiger partial charge in [-0.25, -0.2) is 0 Å². The first-order valence-corrected chi connectivity index (χ1v) is 11.0. The lowest BCUT2D eigenvalue weighted by Crippen LogP contribution is -2.42. The van der Waals surface area contributed by atoms with Gasteiger partial charge in [0, 0.05) is 50.8 Å². The molecule has 0 amide bonds. The molecule has 0 aromatic carbocycles. The van der Waals surface area contributed by atoms with Crippen molar-refractivity contribution in [2.75, 3.05) is 45.6 Å². The summed E-state index contributed by atoms with van der Waals surface area (Å²) in [5.41, 5.74) is 1.34. The third kappa shape index (κ3) is 6.25. The summed E-state index contributed by atoms with van der Waals surface area (Å²) in [6.07, 6.45) is 10.9. The Labute approximate surface area is 184 Å². The molecule has 0 bridgehead atoms. The second-order valence-corrected chi connectivity index (χ2v) is 8.77. The number of nitrogens with one attached hydrogen (secondary N) is 1. The highest BCUT2D eigenvalue weighted by Crippen LogP contribution is 2.34. The molecule has 3 heterocycles. The van der Waals surface area contributed by atoms with Crippen LogP contribution in [0.5, 0.6) is 0 Å². The molecule has 27 heavy (non-hydrogen) atoms. The number of aliphatic imine (C=N–C) groups is 1. The zero-order valence-electron chi connectivity index (χ0n) is 16.8. The third-order valence-corrected chi connectivity index (χ3v) is 6.96. The van der Waals surface area contributed by atoms with E-state index in [2.05, 4.69) is 34.7 Å². The molecule has 6 nitrogen and oxygen atoms in total. The summed E-state index contributed by atoms with van der Waals surface area (Å²) in [5.74, 6) is 1.77. The average Bonchev–Trinajstić information content (AvgIpc) is 3.29. The predicted octanol–water partition coefficient (Wildman–Crippen LogP) is 2.78. The Morgan fingerprint density at radius 1 is 1.44 bits per heavy atom. The summed E-state index contributed by atoms with van der Waals surface area (Å²) in [4.78, 5) is 7.49. The van der Waals surface area contributed by atoms with Crippen LogP contribution in [0.3, 0.4) is 0 Å². The van der Waals surface area contributed by atoms with Crippen molar-refractivity contribution in [3.05, 3.63) is 18.0 Å². The summed E-state index contributed by atoms with van der Waals surface area (Å²) >= 11 is 1.96. The van der Waals surface area contributed by atoms with Gasteiger partial charge in [-0.2, -0.15) is 16.9 Å². The molecule has 8 heteroatoms. The van der Waals surface area contributed by atoms with Gasteiger partial charge >= 0.3 is 0 Å². The van der Waals surface area contributed by atoms with Gasteiger partial charge in [0.1, 0.15) is 0 Å². The molecule has 2 fully saturated rings. The average molecular weight is 507 g/mol. The van der Waals surface area contributed by atoms with Crippen molar-refractivity contribution in [1.82, 2.24) is 20.0 Å². The van der Waals surface area contributed by atoms with Crippen LogP contribution >= 0.6 is 35.7 Å². The summed E-state index contributed by atoms with van der Waals surface area (Å²) in [6, 6.07) is 0. The van der Waals surface area contributed by atoms with Crippen LogP contribution in [0.4, 0.5) is 0 Å². The number of hydrogen-bond donors (Lipinski definition) is 1. The van der Waals surface area contributed by atoms with E-state index >= 15 is 0 Å². The summed E-state index contributed by atoms with van der Waals surface area (Å²) in [7, 11) is 1.98. The number of aromatic nitrogens is 2. The lowest BCUT2D eigenvalue weighted by atomic mass is 9.99. The molecule has 0 aliphatic carbocycles. The molecule has 2 saturated heterocycles. The lowest BCUT2D eigenvalue weighted by Gasteiger charge is -2.34.